The van der Waals surface area contributed by atoms with Gasteiger partial charge in [-0.05, 0) is 26.3 Å². The van der Waals surface area contributed by atoms with E-state index in [4.69, 9.17) is 28.4 Å². The highest BCUT2D eigenvalue weighted by Gasteiger charge is 2.64. The summed E-state index contributed by atoms with van der Waals surface area (Å²) in [5, 5.41) is 10.6. The summed E-state index contributed by atoms with van der Waals surface area (Å²) in [7, 11) is 0. The lowest BCUT2D eigenvalue weighted by Crippen LogP contribution is -2.42. The third-order valence-electron chi connectivity index (χ3n) is 5.53. The van der Waals surface area contributed by atoms with Crippen molar-refractivity contribution in [1.82, 2.24) is 0 Å². The van der Waals surface area contributed by atoms with E-state index in [2.05, 4.69) is 0 Å². The van der Waals surface area contributed by atoms with Gasteiger partial charge >= 0.3 is 0 Å². The first kappa shape index (κ1) is 17.1. The molecule has 4 saturated heterocycles. The van der Waals surface area contributed by atoms with Gasteiger partial charge in [0.2, 0.25) is 0 Å². The Kier molecular flexibility index (Phi) is 3.75. The quantitative estimate of drug-likeness (QED) is 0.814. The van der Waals surface area contributed by atoms with E-state index < -0.39 is 48.4 Å². The van der Waals surface area contributed by atoms with Crippen LogP contribution in [0.3, 0.4) is 0 Å². The van der Waals surface area contributed by atoms with Gasteiger partial charge in [0.05, 0.1) is 6.61 Å². The highest BCUT2D eigenvalue weighted by atomic mass is 16.8. The zero-order valence-electron chi connectivity index (χ0n) is 15.0. The fourth-order valence-electron chi connectivity index (χ4n) is 4.14. The number of fused-ring (bicyclic) bond motifs is 1. The zero-order chi connectivity index (χ0) is 18.1. The predicted molar refractivity (Wildman–Crippen MR) is 88.0 cm³/mol. The van der Waals surface area contributed by atoms with Crippen LogP contribution in [-0.4, -0.2) is 60.1 Å². The molecule has 7 nitrogen and oxygen atoms in total. The molecule has 142 valence electrons. The largest absolute Gasteiger partial charge is 0.387 e. The standard InChI is InChI=1S/C19H24O7/c1-18(2)24-14-12(20)13(23-16(14)26-18)11-9-21-17(22-11)19(3)15(25-19)10-7-5-4-6-8-10/h4-8,11-17,20H,9H2,1-3H3/t11-,12+,13-,14-,15-,16-,17+,19+/m1/s1. The molecule has 4 fully saturated rings. The second-order valence-corrected chi connectivity index (χ2v) is 7.99. The van der Waals surface area contributed by atoms with Crippen molar-refractivity contribution < 1.29 is 33.5 Å². The highest BCUT2D eigenvalue weighted by molar-refractivity contribution is 5.26. The van der Waals surface area contributed by atoms with E-state index in [1.165, 1.54) is 0 Å². The van der Waals surface area contributed by atoms with Crippen LogP contribution in [-0.2, 0) is 28.4 Å². The third-order valence-corrected chi connectivity index (χ3v) is 5.53. The summed E-state index contributed by atoms with van der Waals surface area (Å²) in [6, 6.07) is 10.0. The number of rotatable bonds is 3. The lowest BCUT2D eigenvalue weighted by molar-refractivity contribution is -0.228. The smallest absolute Gasteiger partial charge is 0.190 e. The Morgan fingerprint density at radius 2 is 1.73 bits per heavy atom. The molecule has 0 unspecified atom stereocenters. The summed E-state index contributed by atoms with van der Waals surface area (Å²) in [6.45, 7) is 5.91. The van der Waals surface area contributed by atoms with E-state index >= 15 is 0 Å². The monoisotopic (exact) mass is 364 g/mol. The first-order chi connectivity index (χ1) is 12.4. The maximum atomic E-state index is 10.6. The van der Waals surface area contributed by atoms with Crippen LogP contribution in [0.2, 0.25) is 0 Å². The summed E-state index contributed by atoms with van der Waals surface area (Å²) in [5.74, 6) is -0.755. The van der Waals surface area contributed by atoms with Crippen LogP contribution in [0.4, 0.5) is 0 Å². The van der Waals surface area contributed by atoms with Crippen molar-refractivity contribution in [1.29, 1.82) is 0 Å². The van der Waals surface area contributed by atoms with Gasteiger partial charge in [-0.1, -0.05) is 30.3 Å². The molecule has 5 rings (SSSR count). The van der Waals surface area contributed by atoms with Gasteiger partial charge in [0.25, 0.3) is 0 Å². The van der Waals surface area contributed by atoms with Crippen LogP contribution in [0.15, 0.2) is 30.3 Å². The fourth-order valence-corrected chi connectivity index (χ4v) is 4.14. The number of aliphatic hydroxyl groups excluding tert-OH is 1. The number of benzene rings is 1. The summed E-state index contributed by atoms with van der Waals surface area (Å²) in [5.41, 5.74) is 0.561. The lowest BCUT2D eigenvalue weighted by atomic mass is 10.0. The molecule has 7 heteroatoms. The lowest BCUT2D eigenvalue weighted by Gasteiger charge is -2.25. The number of aliphatic hydroxyl groups is 1. The van der Waals surface area contributed by atoms with Crippen molar-refractivity contribution in [2.75, 3.05) is 6.61 Å². The van der Waals surface area contributed by atoms with Crippen LogP contribution in [0.25, 0.3) is 0 Å². The first-order valence-electron chi connectivity index (χ1n) is 9.06. The predicted octanol–water partition coefficient (Wildman–Crippen LogP) is 1.50. The maximum absolute atomic E-state index is 10.6. The fraction of sp³-hybridized carbons (Fsp3) is 0.684. The first-order valence-corrected chi connectivity index (χ1v) is 9.06. The summed E-state index contributed by atoms with van der Waals surface area (Å²) in [6.07, 6.45) is -3.44. The molecule has 4 aliphatic rings. The molecule has 0 aromatic heterocycles. The van der Waals surface area contributed by atoms with E-state index in [0.717, 1.165) is 5.56 Å². The second kappa shape index (κ2) is 5.72. The van der Waals surface area contributed by atoms with Crippen LogP contribution in [0.5, 0.6) is 0 Å². The van der Waals surface area contributed by atoms with E-state index in [9.17, 15) is 5.11 Å². The van der Waals surface area contributed by atoms with Gasteiger partial charge in [-0.15, -0.1) is 0 Å². The van der Waals surface area contributed by atoms with Gasteiger partial charge in [0.1, 0.15) is 36.1 Å². The van der Waals surface area contributed by atoms with Gasteiger partial charge in [-0.25, -0.2) is 0 Å². The van der Waals surface area contributed by atoms with E-state index in [1.54, 1.807) is 13.8 Å². The van der Waals surface area contributed by atoms with Crippen molar-refractivity contribution in [3.63, 3.8) is 0 Å². The molecule has 4 heterocycles. The average molecular weight is 364 g/mol. The topological polar surface area (TPSA) is 78.9 Å². The van der Waals surface area contributed by atoms with Gasteiger partial charge in [0, 0.05) is 0 Å². The molecular formula is C19H24O7. The molecule has 1 aromatic carbocycles. The van der Waals surface area contributed by atoms with Crippen molar-refractivity contribution >= 4 is 0 Å². The number of hydrogen-bond acceptors (Lipinski definition) is 7. The molecule has 0 amide bonds. The van der Waals surface area contributed by atoms with Crippen LogP contribution < -0.4 is 0 Å². The number of hydrogen-bond donors (Lipinski definition) is 1. The van der Waals surface area contributed by atoms with Gasteiger partial charge < -0.3 is 33.5 Å². The highest BCUT2D eigenvalue weighted by Crippen LogP contribution is 2.54. The Hall–Kier alpha value is -1.06. The summed E-state index contributed by atoms with van der Waals surface area (Å²) >= 11 is 0. The molecule has 0 bridgehead atoms. The van der Waals surface area contributed by atoms with Crippen molar-refractivity contribution in [3.05, 3.63) is 35.9 Å². The SMILES string of the molecule is CC1(C)O[C@H]2O[C@H]([C@H]3CO[C@H]([C@@]4(C)O[C@@H]4c4ccccc4)O3)[C@H](O)[C@H]2O1. The van der Waals surface area contributed by atoms with E-state index in [-0.39, 0.29) is 6.10 Å². The molecule has 26 heavy (non-hydrogen) atoms. The number of ether oxygens (including phenoxy) is 6. The van der Waals surface area contributed by atoms with Crippen molar-refractivity contribution in [3.8, 4) is 0 Å². The van der Waals surface area contributed by atoms with Crippen LogP contribution in [0, 0.1) is 0 Å². The number of epoxide rings is 1. The molecular weight excluding hydrogens is 340 g/mol. The van der Waals surface area contributed by atoms with E-state index in [1.807, 2.05) is 37.3 Å². The average Bonchev–Trinajstić information content (AvgIpc) is 2.92. The minimum absolute atomic E-state index is 0.0614. The van der Waals surface area contributed by atoms with Gasteiger partial charge in [-0.3, -0.25) is 0 Å². The minimum Gasteiger partial charge on any atom is -0.387 e. The Balaban J connectivity index is 1.24. The molecule has 0 saturated carbocycles. The van der Waals surface area contributed by atoms with E-state index in [0.29, 0.717) is 6.61 Å². The van der Waals surface area contributed by atoms with Crippen LogP contribution in [0.1, 0.15) is 32.4 Å². The van der Waals surface area contributed by atoms with Gasteiger partial charge in [-0.2, -0.15) is 0 Å². The Labute approximate surface area is 152 Å². The van der Waals surface area contributed by atoms with Crippen molar-refractivity contribution in [2.24, 2.45) is 0 Å². The summed E-state index contributed by atoms with van der Waals surface area (Å²) in [4.78, 5) is 0. The van der Waals surface area contributed by atoms with Crippen molar-refractivity contribution in [2.45, 2.75) is 75.3 Å². The Bertz CT molecular complexity index is 680. The molecule has 0 aliphatic carbocycles. The maximum Gasteiger partial charge on any atom is 0.190 e. The molecule has 1 aromatic rings. The molecule has 8 atom stereocenters. The third kappa shape index (κ3) is 2.62. The normalized spacial score (nSPS) is 49.3. The summed E-state index contributed by atoms with van der Waals surface area (Å²) < 4.78 is 35.1. The molecule has 4 aliphatic heterocycles. The zero-order valence-corrected chi connectivity index (χ0v) is 15.0. The van der Waals surface area contributed by atoms with Gasteiger partial charge in [0.15, 0.2) is 18.4 Å². The Morgan fingerprint density at radius 1 is 0.962 bits per heavy atom. The molecule has 0 radical (unpaired) electrons. The molecule has 1 N–H and O–H groups in total. The minimum atomic E-state index is -0.827. The second-order valence-electron chi connectivity index (χ2n) is 7.99. The Morgan fingerprint density at radius 3 is 2.46 bits per heavy atom. The van der Waals surface area contributed by atoms with Crippen LogP contribution >= 0.6 is 0 Å². The molecule has 0 spiro atoms.